The van der Waals surface area contributed by atoms with Crippen molar-refractivity contribution in [2.45, 2.75) is 45.3 Å². The predicted octanol–water partition coefficient (Wildman–Crippen LogP) is 1.49. The Morgan fingerprint density at radius 1 is 1.38 bits per heavy atom. The molecule has 0 aromatic heterocycles. The summed E-state index contributed by atoms with van der Waals surface area (Å²) in [5.74, 6) is 0.825. The lowest BCUT2D eigenvalue weighted by molar-refractivity contribution is -0.0129. The summed E-state index contributed by atoms with van der Waals surface area (Å²) in [5, 5.41) is 3.55. The first-order valence-electron chi connectivity index (χ1n) is 6.86. The maximum absolute atomic E-state index is 5.77. The molecule has 0 aliphatic carbocycles. The van der Waals surface area contributed by atoms with Gasteiger partial charge in [0.2, 0.25) is 0 Å². The van der Waals surface area contributed by atoms with E-state index in [2.05, 4.69) is 24.1 Å². The van der Waals surface area contributed by atoms with Crippen LogP contribution in [0.2, 0.25) is 0 Å². The topological polar surface area (TPSA) is 24.5 Å². The Balaban J connectivity index is 1.83. The second kappa shape index (κ2) is 5.99. The lowest BCUT2D eigenvalue weighted by atomic mass is 9.94. The van der Waals surface area contributed by atoms with E-state index in [-0.39, 0.29) is 0 Å². The molecule has 0 amide bonds. The molecule has 0 aromatic carbocycles. The van der Waals surface area contributed by atoms with Crippen LogP contribution >= 0.6 is 0 Å². The van der Waals surface area contributed by atoms with Gasteiger partial charge in [-0.05, 0) is 45.2 Å². The highest BCUT2D eigenvalue weighted by atomic mass is 16.5. The highest BCUT2D eigenvalue weighted by Crippen LogP contribution is 2.21. The van der Waals surface area contributed by atoms with Gasteiger partial charge in [0.25, 0.3) is 0 Å². The molecule has 0 radical (unpaired) electrons. The maximum atomic E-state index is 5.77. The zero-order valence-electron chi connectivity index (χ0n) is 10.7. The van der Waals surface area contributed by atoms with Gasteiger partial charge in [-0.3, -0.25) is 4.90 Å². The van der Waals surface area contributed by atoms with E-state index in [1.54, 1.807) is 0 Å². The van der Waals surface area contributed by atoms with Crippen molar-refractivity contribution in [1.29, 1.82) is 0 Å². The molecule has 94 valence electrons. The van der Waals surface area contributed by atoms with E-state index in [0.29, 0.717) is 6.10 Å². The van der Waals surface area contributed by atoms with Gasteiger partial charge in [-0.25, -0.2) is 0 Å². The van der Waals surface area contributed by atoms with Gasteiger partial charge in [-0.1, -0.05) is 6.92 Å². The molecule has 2 aliphatic rings. The highest BCUT2D eigenvalue weighted by molar-refractivity contribution is 4.85. The van der Waals surface area contributed by atoms with Crippen LogP contribution in [0.15, 0.2) is 0 Å². The Bertz CT molecular complexity index is 208. The van der Waals surface area contributed by atoms with Crippen LogP contribution in [0.1, 0.15) is 33.1 Å². The van der Waals surface area contributed by atoms with Crippen molar-refractivity contribution in [3.8, 4) is 0 Å². The lowest BCUT2D eigenvalue weighted by Crippen LogP contribution is -2.53. The van der Waals surface area contributed by atoms with Crippen molar-refractivity contribution in [3.63, 3.8) is 0 Å². The summed E-state index contributed by atoms with van der Waals surface area (Å²) in [6.45, 7) is 10.1. The SMILES string of the molecule is CCOC1CCCN(C2CNCC(C)C2)C1. The summed E-state index contributed by atoms with van der Waals surface area (Å²) in [7, 11) is 0. The number of hydrogen-bond donors (Lipinski definition) is 1. The minimum absolute atomic E-state index is 0.482. The van der Waals surface area contributed by atoms with Gasteiger partial charge in [0, 0.05) is 25.7 Å². The molecule has 0 aromatic rings. The Labute approximate surface area is 99.5 Å². The van der Waals surface area contributed by atoms with Gasteiger partial charge >= 0.3 is 0 Å². The summed E-state index contributed by atoms with van der Waals surface area (Å²) in [4.78, 5) is 2.65. The van der Waals surface area contributed by atoms with Crippen LogP contribution in [0.4, 0.5) is 0 Å². The van der Waals surface area contributed by atoms with Crippen LogP contribution in [0.25, 0.3) is 0 Å². The number of ether oxygens (including phenoxy) is 1. The first-order valence-corrected chi connectivity index (χ1v) is 6.86. The lowest BCUT2D eigenvalue weighted by Gasteiger charge is -2.41. The zero-order valence-corrected chi connectivity index (χ0v) is 10.7. The summed E-state index contributed by atoms with van der Waals surface area (Å²) < 4.78 is 5.77. The number of nitrogens with zero attached hydrogens (tertiary/aromatic N) is 1. The van der Waals surface area contributed by atoms with Crippen LogP contribution in [0, 0.1) is 5.92 Å². The van der Waals surface area contributed by atoms with Gasteiger partial charge < -0.3 is 10.1 Å². The van der Waals surface area contributed by atoms with Crippen molar-refractivity contribution < 1.29 is 4.74 Å². The summed E-state index contributed by atoms with van der Waals surface area (Å²) in [6, 6.07) is 0.743. The third-order valence-electron chi connectivity index (χ3n) is 3.88. The molecule has 2 saturated heterocycles. The average molecular weight is 226 g/mol. The Morgan fingerprint density at radius 3 is 3.00 bits per heavy atom. The third-order valence-corrected chi connectivity index (χ3v) is 3.88. The zero-order chi connectivity index (χ0) is 11.4. The van der Waals surface area contributed by atoms with E-state index in [0.717, 1.165) is 25.1 Å². The normalized spacial score (nSPS) is 37.5. The molecule has 1 N–H and O–H groups in total. The van der Waals surface area contributed by atoms with E-state index in [1.165, 1.54) is 38.9 Å². The van der Waals surface area contributed by atoms with Crippen molar-refractivity contribution >= 4 is 0 Å². The van der Waals surface area contributed by atoms with Crippen LogP contribution in [-0.4, -0.2) is 49.8 Å². The molecule has 0 spiro atoms. The minimum Gasteiger partial charge on any atom is -0.377 e. The standard InChI is InChI=1S/C13H26N2O/c1-3-16-13-5-4-6-15(10-13)12-7-11(2)8-14-9-12/h11-14H,3-10H2,1-2H3. The summed E-state index contributed by atoms with van der Waals surface area (Å²) in [5.41, 5.74) is 0. The van der Waals surface area contributed by atoms with E-state index >= 15 is 0 Å². The first-order chi connectivity index (χ1) is 7.79. The van der Waals surface area contributed by atoms with Gasteiger partial charge in [0.1, 0.15) is 0 Å². The molecule has 3 nitrogen and oxygen atoms in total. The van der Waals surface area contributed by atoms with Gasteiger partial charge in [-0.15, -0.1) is 0 Å². The van der Waals surface area contributed by atoms with Gasteiger partial charge in [0.15, 0.2) is 0 Å². The molecule has 2 heterocycles. The Hall–Kier alpha value is -0.120. The molecule has 0 saturated carbocycles. The van der Waals surface area contributed by atoms with E-state index in [1.807, 2.05) is 0 Å². The molecule has 0 bridgehead atoms. The smallest absolute Gasteiger partial charge is 0.0702 e. The van der Waals surface area contributed by atoms with Crippen molar-refractivity contribution in [2.24, 2.45) is 5.92 Å². The van der Waals surface area contributed by atoms with Crippen LogP contribution < -0.4 is 5.32 Å². The van der Waals surface area contributed by atoms with E-state index in [4.69, 9.17) is 4.74 Å². The maximum Gasteiger partial charge on any atom is 0.0702 e. The largest absolute Gasteiger partial charge is 0.377 e. The molecular weight excluding hydrogens is 200 g/mol. The predicted molar refractivity (Wildman–Crippen MR) is 66.7 cm³/mol. The average Bonchev–Trinajstić information content (AvgIpc) is 2.30. The first kappa shape index (κ1) is 12.3. The molecule has 3 heteroatoms. The monoisotopic (exact) mass is 226 g/mol. The fourth-order valence-corrected chi connectivity index (χ4v) is 3.08. The van der Waals surface area contributed by atoms with Crippen molar-refractivity contribution in [1.82, 2.24) is 10.2 Å². The second-order valence-electron chi connectivity index (χ2n) is 5.37. The number of nitrogens with one attached hydrogen (secondary N) is 1. The van der Waals surface area contributed by atoms with Gasteiger partial charge in [-0.2, -0.15) is 0 Å². The van der Waals surface area contributed by atoms with E-state index < -0.39 is 0 Å². The summed E-state index contributed by atoms with van der Waals surface area (Å²) in [6.07, 6.45) is 4.39. The molecule has 2 fully saturated rings. The van der Waals surface area contributed by atoms with E-state index in [9.17, 15) is 0 Å². The Morgan fingerprint density at radius 2 is 2.25 bits per heavy atom. The van der Waals surface area contributed by atoms with Crippen molar-refractivity contribution in [2.75, 3.05) is 32.8 Å². The number of hydrogen-bond acceptors (Lipinski definition) is 3. The van der Waals surface area contributed by atoms with Gasteiger partial charge in [0.05, 0.1) is 6.10 Å². The third kappa shape index (κ3) is 3.19. The second-order valence-corrected chi connectivity index (χ2v) is 5.37. The molecule has 2 rings (SSSR count). The molecule has 16 heavy (non-hydrogen) atoms. The quantitative estimate of drug-likeness (QED) is 0.789. The van der Waals surface area contributed by atoms with Crippen molar-refractivity contribution in [3.05, 3.63) is 0 Å². The molecule has 2 aliphatic heterocycles. The number of likely N-dealkylation sites (tertiary alicyclic amines) is 1. The molecule has 3 atom stereocenters. The fourth-order valence-electron chi connectivity index (χ4n) is 3.08. The van der Waals surface area contributed by atoms with Crippen LogP contribution in [0.5, 0.6) is 0 Å². The Kier molecular flexibility index (Phi) is 4.62. The molecule has 3 unspecified atom stereocenters. The fraction of sp³-hybridized carbons (Fsp3) is 1.00. The number of piperidine rings is 2. The number of rotatable bonds is 3. The highest BCUT2D eigenvalue weighted by Gasteiger charge is 2.28. The van der Waals surface area contributed by atoms with Crippen LogP contribution in [0.3, 0.4) is 0 Å². The minimum atomic E-state index is 0.482. The summed E-state index contributed by atoms with van der Waals surface area (Å²) >= 11 is 0. The van der Waals surface area contributed by atoms with Crippen LogP contribution in [-0.2, 0) is 4.74 Å². The molecular formula is C13H26N2O.